The van der Waals surface area contributed by atoms with Crippen molar-refractivity contribution in [1.29, 1.82) is 0 Å². The molecule has 1 aromatic carbocycles. The van der Waals surface area contributed by atoms with Crippen molar-refractivity contribution in [2.75, 3.05) is 12.4 Å². The van der Waals surface area contributed by atoms with Crippen molar-refractivity contribution >= 4 is 17.6 Å². The Balaban J connectivity index is 2.03. The summed E-state index contributed by atoms with van der Waals surface area (Å²) in [5.41, 5.74) is 2.40. The Morgan fingerprint density at radius 1 is 1.56 bits per heavy atom. The van der Waals surface area contributed by atoms with Gasteiger partial charge in [-0.15, -0.1) is 0 Å². The van der Waals surface area contributed by atoms with Crippen LogP contribution in [0.1, 0.15) is 30.1 Å². The number of amides is 1. The van der Waals surface area contributed by atoms with E-state index in [1.165, 1.54) is 7.11 Å². The van der Waals surface area contributed by atoms with E-state index in [0.717, 1.165) is 11.3 Å². The zero-order valence-corrected chi connectivity index (χ0v) is 10.1. The van der Waals surface area contributed by atoms with E-state index in [1.54, 1.807) is 18.2 Å². The lowest BCUT2D eigenvalue weighted by Gasteiger charge is -2.11. The second-order valence-electron chi connectivity index (χ2n) is 4.27. The van der Waals surface area contributed by atoms with Gasteiger partial charge in [0, 0.05) is 12.1 Å². The van der Waals surface area contributed by atoms with Gasteiger partial charge in [-0.3, -0.25) is 9.59 Å². The van der Waals surface area contributed by atoms with Gasteiger partial charge in [-0.2, -0.15) is 0 Å². The number of aliphatic hydroxyl groups is 1. The molecule has 18 heavy (non-hydrogen) atoms. The highest BCUT2D eigenvalue weighted by molar-refractivity contribution is 5.99. The molecule has 0 bridgehead atoms. The molecule has 96 valence electrons. The van der Waals surface area contributed by atoms with Crippen molar-refractivity contribution in [1.82, 2.24) is 0 Å². The Kier molecular flexibility index (Phi) is 3.62. The molecule has 2 N–H and O–H groups in total. The molecule has 0 radical (unpaired) electrons. The number of benzene rings is 1. The van der Waals surface area contributed by atoms with Crippen molar-refractivity contribution in [3.63, 3.8) is 0 Å². The molecule has 5 nitrogen and oxygen atoms in total. The van der Waals surface area contributed by atoms with Crippen molar-refractivity contribution in [2.24, 2.45) is 0 Å². The van der Waals surface area contributed by atoms with Crippen molar-refractivity contribution in [3.8, 4) is 0 Å². The number of fused-ring (bicyclic) bond motifs is 1. The van der Waals surface area contributed by atoms with Gasteiger partial charge in [-0.1, -0.05) is 12.1 Å². The highest BCUT2D eigenvalue weighted by Gasteiger charge is 2.19. The molecule has 1 unspecified atom stereocenters. The van der Waals surface area contributed by atoms with Gasteiger partial charge in [-0.05, 0) is 23.6 Å². The van der Waals surface area contributed by atoms with Crippen LogP contribution in [0.3, 0.4) is 0 Å². The fourth-order valence-electron chi connectivity index (χ4n) is 1.98. The molecule has 0 saturated carbocycles. The molecule has 0 spiro atoms. The summed E-state index contributed by atoms with van der Waals surface area (Å²) in [5, 5.41) is 12.7. The van der Waals surface area contributed by atoms with Gasteiger partial charge in [0.25, 0.3) is 0 Å². The van der Waals surface area contributed by atoms with Crippen LogP contribution in [0.15, 0.2) is 18.2 Å². The molecule has 1 atom stereocenters. The topological polar surface area (TPSA) is 75.6 Å². The molecular weight excluding hydrogens is 234 g/mol. The minimum atomic E-state index is -0.717. The van der Waals surface area contributed by atoms with E-state index in [1.807, 2.05) is 0 Å². The van der Waals surface area contributed by atoms with Crippen LogP contribution in [0.4, 0.5) is 5.69 Å². The maximum absolute atomic E-state index is 11.2. The Labute approximate surface area is 105 Å². The lowest BCUT2D eigenvalue weighted by Crippen LogP contribution is -2.05. The Bertz CT molecular complexity index is 484. The molecule has 2 rings (SSSR count). The molecule has 1 amide bonds. The molecule has 0 aliphatic carbocycles. The van der Waals surface area contributed by atoms with E-state index < -0.39 is 6.10 Å². The third-order valence-electron chi connectivity index (χ3n) is 2.99. The number of rotatable bonds is 4. The number of anilines is 1. The predicted octanol–water partition coefficient (Wildman–Crippen LogP) is 1.17. The van der Waals surface area contributed by atoms with Gasteiger partial charge in [-0.25, -0.2) is 0 Å². The number of aliphatic hydroxyl groups excluding tert-OH is 1. The normalized spacial score (nSPS) is 14.9. The molecule has 1 aliphatic heterocycles. The SMILES string of the molecule is COC(=O)CCC(O)c1ccc2c(c1)CC(=O)N2. The molecule has 1 aliphatic rings. The lowest BCUT2D eigenvalue weighted by atomic mass is 10.0. The van der Waals surface area contributed by atoms with Crippen LogP contribution in [0.25, 0.3) is 0 Å². The first-order valence-corrected chi connectivity index (χ1v) is 5.77. The maximum Gasteiger partial charge on any atom is 0.305 e. The summed E-state index contributed by atoms with van der Waals surface area (Å²) in [4.78, 5) is 22.2. The first kappa shape index (κ1) is 12.6. The number of carbonyl (C=O) groups excluding carboxylic acids is 2. The van der Waals surface area contributed by atoms with Crippen LogP contribution < -0.4 is 5.32 Å². The van der Waals surface area contributed by atoms with Crippen LogP contribution >= 0.6 is 0 Å². The average molecular weight is 249 g/mol. The van der Waals surface area contributed by atoms with Crippen LogP contribution in [0.5, 0.6) is 0 Å². The number of esters is 1. The third kappa shape index (κ3) is 2.68. The quantitative estimate of drug-likeness (QED) is 0.785. The number of hydrogen-bond donors (Lipinski definition) is 2. The molecule has 1 aromatic rings. The molecule has 0 saturated heterocycles. The van der Waals surface area contributed by atoms with E-state index in [2.05, 4.69) is 10.1 Å². The summed E-state index contributed by atoms with van der Waals surface area (Å²) >= 11 is 0. The van der Waals surface area contributed by atoms with Crippen LogP contribution in [0, 0.1) is 0 Å². The van der Waals surface area contributed by atoms with E-state index in [9.17, 15) is 14.7 Å². The molecule has 1 heterocycles. The summed E-state index contributed by atoms with van der Waals surface area (Å²) in [6, 6.07) is 5.33. The Morgan fingerprint density at radius 3 is 3.06 bits per heavy atom. The standard InChI is InChI=1S/C13H15NO4/c1-18-13(17)5-4-11(15)8-2-3-10-9(6-8)7-12(16)14-10/h2-3,6,11,15H,4-5,7H2,1H3,(H,14,16). The second kappa shape index (κ2) is 5.18. The lowest BCUT2D eigenvalue weighted by molar-refractivity contribution is -0.141. The van der Waals surface area contributed by atoms with Crippen molar-refractivity contribution in [2.45, 2.75) is 25.4 Å². The third-order valence-corrected chi connectivity index (χ3v) is 2.99. The maximum atomic E-state index is 11.2. The van der Waals surface area contributed by atoms with Gasteiger partial charge in [0.05, 0.1) is 19.6 Å². The second-order valence-corrected chi connectivity index (χ2v) is 4.27. The monoisotopic (exact) mass is 249 g/mol. The van der Waals surface area contributed by atoms with E-state index >= 15 is 0 Å². The molecule has 0 aromatic heterocycles. The summed E-state index contributed by atoms with van der Waals surface area (Å²) in [5.74, 6) is -0.377. The van der Waals surface area contributed by atoms with E-state index in [4.69, 9.17) is 0 Å². The van der Waals surface area contributed by atoms with Gasteiger partial charge in [0.2, 0.25) is 5.91 Å². The number of methoxy groups -OCH3 is 1. The van der Waals surface area contributed by atoms with Crippen LogP contribution in [-0.4, -0.2) is 24.1 Å². The summed E-state index contributed by atoms with van der Waals surface area (Å²) in [7, 11) is 1.32. The first-order chi connectivity index (χ1) is 8.60. The van der Waals surface area contributed by atoms with Gasteiger partial charge in [0.15, 0.2) is 0 Å². The largest absolute Gasteiger partial charge is 0.469 e. The molecular formula is C13H15NO4. The van der Waals surface area contributed by atoms with Gasteiger partial charge < -0.3 is 15.2 Å². The minimum absolute atomic E-state index is 0.0359. The highest BCUT2D eigenvalue weighted by Crippen LogP contribution is 2.28. The number of carbonyl (C=O) groups is 2. The van der Waals surface area contributed by atoms with Crippen LogP contribution in [0.2, 0.25) is 0 Å². The Morgan fingerprint density at radius 2 is 2.33 bits per heavy atom. The average Bonchev–Trinajstić information content (AvgIpc) is 2.74. The smallest absolute Gasteiger partial charge is 0.305 e. The number of nitrogens with one attached hydrogen (secondary N) is 1. The molecule has 5 heteroatoms. The van der Waals surface area contributed by atoms with Crippen LogP contribution in [-0.2, 0) is 20.7 Å². The minimum Gasteiger partial charge on any atom is -0.469 e. The summed E-state index contributed by atoms with van der Waals surface area (Å²) in [6.07, 6.45) is 0.108. The van der Waals surface area contributed by atoms with Crippen molar-refractivity contribution < 1.29 is 19.4 Å². The van der Waals surface area contributed by atoms with Gasteiger partial charge in [0.1, 0.15) is 0 Å². The number of hydrogen-bond acceptors (Lipinski definition) is 4. The van der Waals surface area contributed by atoms with E-state index in [-0.39, 0.29) is 18.3 Å². The highest BCUT2D eigenvalue weighted by atomic mass is 16.5. The van der Waals surface area contributed by atoms with E-state index in [0.29, 0.717) is 18.4 Å². The summed E-state index contributed by atoms with van der Waals surface area (Å²) < 4.78 is 4.52. The fourth-order valence-corrected chi connectivity index (χ4v) is 1.98. The first-order valence-electron chi connectivity index (χ1n) is 5.77. The van der Waals surface area contributed by atoms with Gasteiger partial charge >= 0.3 is 5.97 Å². The zero-order chi connectivity index (χ0) is 13.1. The Hall–Kier alpha value is -1.88. The number of ether oxygens (including phenoxy) is 1. The fraction of sp³-hybridized carbons (Fsp3) is 0.385. The zero-order valence-electron chi connectivity index (χ0n) is 10.1. The summed E-state index contributed by atoms with van der Waals surface area (Å²) in [6.45, 7) is 0. The molecule has 0 fully saturated rings. The predicted molar refractivity (Wildman–Crippen MR) is 65.0 cm³/mol. The van der Waals surface area contributed by atoms with Crippen molar-refractivity contribution in [3.05, 3.63) is 29.3 Å².